The van der Waals surface area contributed by atoms with Crippen LogP contribution in [0.2, 0.25) is 0 Å². The van der Waals surface area contributed by atoms with Crippen molar-refractivity contribution in [2.45, 2.75) is 38.9 Å². The van der Waals surface area contributed by atoms with Crippen molar-refractivity contribution in [3.05, 3.63) is 133 Å². The Balaban J connectivity index is 1.30. The van der Waals surface area contributed by atoms with Crippen molar-refractivity contribution in [1.29, 1.82) is 0 Å². The smallest absolute Gasteiger partial charge is 0.399 e. The molecule has 0 saturated carbocycles. The lowest BCUT2D eigenvalue weighted by Gasteiger charge is -2.32. The summed E-state index contributed by atoms with van der Waals surface area (Å²) >= 11 is 0. The normalized spacial score (nSPS) is 15.7. The van der Waals surface area contributed by atoms with Gasteiger partial charge in [-0.3, -0.25) is 0 Å². The van der Waals surface area contributed by atoms with Crippen molar-refractivity contribution < 1.29 is 9.31 Å². The molecule has 0 N–H and O–H groups in total. The Kier molecular flexibility index (Phi) is 6.83. The van der Waals surface area contributed by atoms with Crippen LogP contribution in [0.4, 0.5) is 17.1 Å². The van der Waals surface area contributed by atoms with Gasteiger partial charge in [0.05, 0.1) is 11.2 Å². The zero-order chi connectivity index (χ0) is 27.7. The highest BCUT2D eigenvalue weighted by Gasteiger charge is 2.51. The van der Waals surface area contributed by atoms with Crippen LogP contribution in [0.15, 0.2) is 133 Å². The van der Waals surface area contributed by atoms with Crippen LogP contribution in [0.5, 0.6) is 0 Å². The molecule has 0 aliphatic carbocycles. The Hall–Kier alpha value is -4.12. The van der Waals surface area contributed by atoms with Crippen LogP contribution < -0.4 is 10.4 Å². The van der Waals surface area contributed by atoms with Gasteiger partial charge in [-0.25, -0.2) is 0 Å². The molecule has 1 fully saturated rings. The van der Waals surface area contributed by atoms with Gasteiger partial charge in [-0.15, -0.1) is 0 Å². The maximum Gasteiger partial charge on any atom is 0.494 e. The summed E-state index contributed by atoms with van der Waals surface area (Å²) in [5.41, 5.74) is 8.33. The van der Waals surface area contributed by atoms with Gasteiger partial charge in [0.1, 0.15) is 0 Å². The first-order valence-corrected chi connectivity index (χ1v) is 13.9. The summed E-state index contributed by atoms with van der Waals surface area (Å²) in [6, 6.07) is 47.0. The molecule has 0 radical (unpaired) electrons. The molecule has 198 valence electrons. The lowest BCUT2D eigenvalue weighted by Crippen LogP contribution is -2.41. The number of benzene rings is 5. The number of hydrogen-bond donors (Lipinski definition) is 0. The van der Waals surface area contributed by atoms with Gasteiger partial charge in [-0.2, -0.15) is 0 Å². The van der Waals surface area contributed by atoms with Crippen molar-refractivity contribution in [3.8, 4) is 22.3 Å². The Morgan fingerprint density at radius 2 is 0.875 bits per heavy atom. The largest absolute Gasteiger partial charge is 0.494 e. The molecule has 1 heterocycles. The SMILES string of the molecule is CC1(C)OB(c2cccc(-c3ccc(N(c4ccccc4)c4ccc(-c5ccccc5)cc4)cc3)c2)OC1(C)C. The van der Waals surface area contributed by atoms with E-state index in [-0.39, 0.29) is 18.3 Å². The molecule has 1 aliphatic heterocycles. The van der Waals surface area contributed by atoms with E-state index in [1.807, 2.05) is 6.07 Å². The van der Waals surface area contributed by atoms with Gasteiger partial charge in [0.25, 0.3) is 0 Å². The third-order valence-electron chi connectivity index (χ3n) is 8.12. The minimum Gasteiger partial charge on any atom is -0.399 e. The molecule has 4 heteroatoms. The van der Waals surface area contributed by atoms with E-state index >= 15 is 0 Å². The fourth-order valence-corrected chi connectivity index (χ4v) is 5.10. The molecule has 6 rings (SSSR count). The molecule has 0 unspecified atom stereocenters. The van der Waals surface area contributed by atoms with Crippen LogP contribution in [0.3, 0.4) is 0 Å². The highest BCUT2D eigenvalue weighted by atomic mass is 16.7. The number of nitrogens with zero attached hydrogens (tertiary/aromatic N) is 1. The maximum atomic E-state index is 6.30. The summed E-state index contributed by atoms with van der Waals surface area (Å²) in [6.07, 6.45) is 0. The second-order valence-corrected chi connectivity index (χ2v) is 11.3. The van der Waals surface area contributed by atoms with E-state index in [4.69, 9.17) is 9.31 Å². The average molecular weight is 523 g/mol. The molecule has 1 aliphatic rings. The highest BCUT2D eigenvalue weighted by Crippen LogP contribution is 2.38. The Morgan fingerprint density at radius 3 is 1.43 bits per heavy atom. The molecule has 1 saturated heterocycles. The van der Waals surface area contributed by atoms with Crippen molar-refractivity contribution >= 4 is 29.6 Å². The molecule has 5 aromatic rings. The topological polar surface area (TPSA) is 21.7 Å². The van der Waals surface area contributed by atoms with Gasteiger partial charge in [0.15, 0.2) is 0 Å². The number of anilines is 3. The first kappa shape index (κ1) is 26.1. The molecule has 0 amide bonds. The van der Waals surface area contributed by atoms with E-state index < -0.39 is 0 Å². The zero-order valence-corrected chi connectivity index (χ0v) is 23.5. The van der Waals surface area contributed by atoms with Crippen molar-refractivity contribution in [3.63, 3.8) is 0 Å². The zero-order valence-electron chi connectivity index (χ0n) is 23.5. The Bertz CT molecular complexity index is 1560. The molecule has 0 spiro atoms. The lowest BCUT2D eigenvalue weighted by atomic mass is 9.78. The Morgan fingerprint density at radius 1 is 0.450 bits per heavy atom. The van der Waals surface area contributed by atoms with E-state index in [9.17, 15) is 0 Å². The highest BCUT2D eigenvalue weighted by molar-refractivity contribution is 6.62. The standard InChI is InChI=1S/C36H34BNO2/c1-35(2)36(3,4)40-37(39-35)31-15-11-14-30(26-31)29-20-24-34(25-21-29)38(32-16-9-6-10-17-32)33-22-18-28(19-23-33)27-12-7-5-8-13-27/h5-26H,1-4H3. The molecule has 5 aromatic carbocycles. The molecule has 40 heavy (non-hydrogen) atoms. The van der Waals surface area contributed by atoms with E-state index in [1.54, 1.807) is 0 Å². The summed E-state index contributed by atoms with van der Waals surface area (Å²) in [5.74, 6) is 0. The van der Waals surface area contributed by atoms with Crippen LogP contribution in [0.25, 0.3) is 22.3 Å². The number of para-hydroxylation sites is 1. The summed E-state index contributed by atoms with van der Waals surface area (Å²) < 4.78 is 12.6. The predicted molar refractivity (Wildman–Crippen MR) is 168 cm³/mol. The molecular formula is C36H34BNO2. The van der Waals surface area contributed by atoms with Crippen molar-refractivity contribution in [1.82, 2.24) is 0 Å². The lowest BCUT2D eigenvalue weighted by molar-refractivity contribution is 0.00578. The number of hydrogen-bond acceptors (Lipinski definition) is 3. The molecule has 0 bridgehead atoms. The van der Waals surface area contributed by atoms with Gasteiger partial charge in [-0.05, 0) is 91.8 Å². The van der Waals surface area contributed by atoms with Gasteiger partial charge in [0.2, 0.25) is 0 Å². The second kappa shape index (κ2) is 10.5. The molecule has 0 aromatic heterocycles. The fraction of sp³-hybridized carbons (Fsp3) is 0.167. The quantitative estimate of drug-likeness (QED) is 0.208. The van der Waals surface area contributed by atoms with E-state index in [1.165, 1.54) is 11.1 Å². The predicted octanol–water partition coefficient (Wildman–Crippen LogP) is 8.79. The summed E-state index contributed by atoms with van der Waals surface area (Å²) in [6.45, 7) is 8.35. The molecule has 0 atom stereocenters. The van der Waals surface area contributed by atoms with Crippen molar-refractivity contribution in [2.75, 3.05) is 4.90 Å². The van der Waals surface area contributed by atoms with E-state index in [0.29, 0.717) is 0 Å². The maximum absolute atomic E-state index is 6.30. The first-order chi connectivity index (χ1) is 19.3. The third kappa shape index (κ3) is 5.09. The van der Waals surface area contributed by atoms with Crippen LogP contribution in [-0.2, 0) is 9.31 Å². The van der Waals surface area contributed by atoms with Crippen LogP contribution in [0.1, 0.15) is 27.7 Å². The molecular weight excluding hydrogens is 489 g/mol. The van der Waals surface area contributed by atoms with Gasteiger partial charge in [0, 0.05) is 17.1 Å². The van der Waals surface area contributed by atoms with Crippen LogP contribution in [0, 0.1) is 0 Å². The summed E-state index contributed by atoms with van der Waals surface area (Å²) in [7, 11) is -0.378. The monoisotopic (exact) mass is 523 g/mol. The van der Waals surface area contributed by atoms with Gasteiger partial charge in [-0.1, -0.05) is 97.1 Å². The summed E-state index contributed by atoms with van der Waals surface area (Å²) in [5, 5.41) is 0. The first-order valence-electron chi connectivity index (χ1n) is 13.9. The minimum atomic E-state index is -0.378. The van der Waals surface area contributed by atoms with E-state index in [0.717, 1.165) is 33.7 Å². The van der Waals surface area contributed by atoms with Crippen LogP contribution in [-0.4, -0.2) is 18.3 Å². The van der Waals surface area contributed by atoms with Crippen LogP contribution >= 0.6 is 0 Å². The molecule has 3 nitrogen and oxygen atoms in total. The van der Waals surface area contributed by atoms with Crippen molar-refractivity contribution in [2.24, 2.45) is 0 Å². The minimum absolute atomic E-state index is 0.366. The fourth-order valence-electron chi connectivity index (χ4n) is 5.10. The second-order valence-electron chi connectivity index (χ2n) is 11.3. The van der Waals surface area contributed by atoms with Gasteiger partial charge >= 0.3 is 7.12 Å². The summed E-state index contributed by atoms with van der Waals surface area (Å²) in [4.78, 5) is 2.29. The Labute approximate surface area is 238 Å². The van der Waals surface area contributed by atoms with Gasteiger partial charge < -0.3 is 14.2 Å². The third-order valence-corrected chi connectivity index (χ3v) is 8.12. The average Bonchev–Trinajstić information content (AvgIpc) is 3.21. The van der Waals surface area contributed by atoms with E-state index in [2.05, 4.69) is 160 Å². The number of rotatable bonds is 6.